The van der Waals surface area contributed by atoms with Gasteiger partial charge in [-0.1, -0.05) is 19.4 Å². The van der Waals surface area contributed by atoms with Crippen molar-refractivity contribution in [1.29, 1.82) is 0 Å². The smallest absolute Gasteiger partial charge is 0.251 e. The summed E-state index contributed by atoms with van der Waals surface area (Å²) >= 11 is 0. The van der Waals surface area contributed by atoms with Gasteiger partial charge < -0.3 is 10.6 Å². The summed E-state index contributed by atoms with van der Waals surface area (Å²) < 4.78 is 0. The SMILES string of the molecule is CCCC(C)NC(=O)c1ccc2c(c1)CNCC2. The molecule has 0 bridgehead atoms. The monoisotopic (exact) mass is 246 g/mol. The van der Waals surface area contributed by atoms with Crippen LogP contribution in [-0.2, 0) is 13.0 Å². The maximum atomic E-state index is 12.1. The van der Waals surface area contributed by atoms with E-state index in [1.807, 2.05) is 12.1 Å². The molecule has 98 valence electrons. The Hall–Kier alpha value is -1.35. The zero-order chi connectivity index (χ0) is 13.0. The number of fused-ring (bicyclic) bond motifs is 1. The summed E-state index contributed by atoms with van der Waals surface area (Å²) in [4.78, 5) is 12.1. The topological polar surface area (TPSA) is 41.1 Å². The lowest BCUT2D eigenvalue weighted by atomic mass is 9.98. The first-order valence-electron chi connectivity index (χ1n) is 6.84. The van der Waals surface area contributed by atoms with E-state index in [9.17, 15) is 4.79 Å². The number of carbonyl (C=O) groups excluding carboxylic acids is 1. The van der Waals surface area contributed by atoms with Crippen LogP contribution in [0.15, 0.2) is 18.2 Å². The Labute approximate surface area is 109 Å². The predicted octanol–water partition coefficient (Wildman–Crippen LogP) is 2.25. The number of hydrogen-bond donors (Lipinski definition) is 2. The third kappa shape index (κ3) is 3.10. The Morgan fingerprint density at radius 1 is 1.44 bits per heavy atom. The van der Waals surface area contributed by atoms with Crippen LogP contribution in [-0.4, -0.2) is 18.5 Å². The molecule has 2 rings (SSSR count). The van der Waals surface area contributed by atoms with E-state index in [-0.39, 0.29) is 11.9 Å². The van der Waals surface area contributed by atoms with Crippen LogP contribution in [0.5, 0.6) is 0 Å². The standard InChI is InChI=1S/C15H22N2O/c1-3-4-11(2)17-15(18)13-6-5-12-7-8-16-10-14(12)9-13/h5-6,9,11,16H,3-4,7-8,10H2,1-2H3,(H,17,18). The first-order chi connectivity index (χ1) is 8.70. The van der Waals surface area contributed by atoms with Gasteiger partial charge in [0, 0.05) is 18.2 Å². The number of amides is 1. The van der Waals surface area contributed by atoms with Gasteiger partial charge in [0.05, 0.1) is 0 Å². The zero-order valence-corrected chi connectivity index (χ0v) is 11.3. The molecular formula is C15H22N2O. The summed E-state index contributed by atoms with van der Waals surface area (Å²) in [7, 11) is 0. The molecule has 2 N–H and O–H groups in total. The second-order valence-electron chi connectivity index (χ2n) is 5.07. The van der Waals surface area contributed by atoms with Crippen LogP contribution < -0.4 is 10.6 Å². The van der Waals surface area contributed by atoms with Crippen molar-refractivity contribution in [2.24, 2.45) is 0 Å². The fourth-order valence-corrected chi connectivity index (χ4v) is 2.43. The van der Waals surface area contributed by atoms with Gasteiger partial charge in [-0.25, -0.2) is 0 Å². The normalized spacial score (nSPS) is 15.9. The lowest BCUT2D eigenvalue weighted by molar-refractivity contribution is 0.0938. The van der Waals surface area contributed by atoms with Gasteiger partial charge in [-0.15, -0.1) is 0 Å². The molecule has 18 heavy (non-hydrogen) atoms. The molecule has 0 aliphatic carbocycles. The molecule has 3 heteroatoms. The van der Waals surface area contributed by atoms with E-state index >= 15 is 0 Å². The van der Waals surface area contributed by atoms with Crippen LogP contribution in [0.4, 0.5) is 0 Å². The molecule has 0 aromatic heterocycles. The largest absolute Gasteiger partial charge is 0.350 e. The summed E-state index contributed by atoms with van der Waals surface area (Å²) in [5.74, 6) is 0.0457. The first-order valence-corrected chi connectivity index (χ1v) is 6.84. The van der Waals surface area contributed by atoms with Crippen LogP contribution in [0.1, 0.15) is 48.2 Å². The van der Waals surface area contributed by atoms with Crippen molar-refractivity contribution in [3.63, 3.8) is 0 Å². The summed E-state index contributed by atoms with van der Waals surface area (Å²) in [6.45, 7) is 6.10. The molecule has 1 atom stereocenters. The van der Waals surface area contributed by atoms with E-state index in [0.717, 1.165) is 37.9 Å². The molecule has 3 nitrogen and oxygen atoms in total. The molecule has 1 amide bonds. The Kier molecular flexibility index (Phi) is 4.37. The molecule has 1 aliphatic rings. The summed E-state index contributed by atoms with van der Waals surface area (Å²) in [6, 6.07) is 6.31. The summed E-state index contributed by atoms with van der Waals surface area (Å²) in [5.41, 5.74) is 3.41. The van der Waals surface area contributed by atoms with Crippen molar-refractivity contribution >= 4 is 5.91 Å². The molecule has 0 spiro atoms. The van der Waals surface area contributed by atoms with Gasteiger partial charge in [-0.2, -0.15) is 0 Å². The Balaban J connectivity index is 2.06. The number of carbonyl (C=O) groups is 1. The maximum Gasteiger partial charge on any atom is 0.251 e. The van der Waals surface area contributed by atoms with Crippen LogP contribution in [0.3, 0.4) is 0 Å². The molecule has 1 aromatic rings. The van der Waals surface area contributed by atoms with Crippen molar-refractivity contribution in [2.75, 3.05) is 6.54 Å². The number of hydrogen-bond acceptors (Lipinski definition) is 2. The van der Waals surface area contributed by atoms with Gasteiger partial charge in [0.2, 0.25) is 0 Å². The predicted molar refractivity (Wildman–Crippen MR) is 73.7 cm³/mol. The molecule has 1 unspecified atom stereocenters. The van der Waals surface area contributed by atoms with Crippen molar-refractivity contribution in [3.8, 4) is 0 Å². The van der Waals surface area contributed by atoms with Crippen LogP contribution >= 0.6 is 0 Å². The minimum Gasteiger partial charge on any atom is -0.350 e. The van der Waals surface area contributed by atoms with Gasteiger partial charge in [0.25, 0.3) is 5.91 Å². The lowest BCUT2D eigenvalue weighted by Crippen LogP contribution is -2.32. The van der Waals surface area contributed by atoms with Crippen LogP contribution in [0.25, 0.3) is 0 Å². The minimum atomic E-state index is 0.0457. The van der Waals surface area contributed by atoms with Gasteiger partial charge in [-0.05, 0) is 49.6 Å². The molecule has 1 heterocycles. The van der Waals surface area contributed by atoms with Crippen LogP contribution in [0.2, 0.25) is 0 Å². The highest BCUT2D eigenvalue weighted by Crippen LogP contribution is 2.16. The number of benzene rings is 1. The zero-order valence-electron chi connectivity index (χ0n) is 11.3. The summed E-state index contributed by atoms with van der Waals surface area (Å²) in [6.07, 6.45) is 3.18. The van der Waals surface area contributed by atoms with E-state index < -0.39 is 0 Å². The van der Waals surface area contributed by atoms with Gasteiger partial charge in [-0.3, -0.25) is 4.79 Å². The fraction of sp³-hybridized carbons (Fsp3) is 0.533. The first kappa shape index (κ1) is 13.1. The molecular weight excluding hydrogens is 224 g/mol. The highest BCUT2D eigenvalue weighted by molar-refractivity contribution is 5.94. The average molecular weight is 246 g/mol. The van der Waals surface area contributed by atoms with E-state index in [4.69, 9.17) is 0 Å². The van der Waals surface area contributed by atoms with E-state index in [1.54, 1.807) is 0 Å². The van der Waals surface area contributed by atoms with E-state index in [1.165, 1.54) is 11.1 Å². The van der Waals surface area contributed by atoms with Crippen LogP contribution in [0, 0.1) is 0 Å². The van der Waals surface area contributed by atoms with E-state index in [0.29, 0.717) is 0 Å². The Morgan fingerprint density at radius 2 is 2.28 bits per heavy atom. The molecule has 1 aromatic carbocycles. The molecule has 1 aliphatic heterocycles. The second-order valence-corrected chi connectivity index (χ2v) is 5.07. The van der Waals surface area contributed by atoms with Gasteiger partial charge in [0.1, 0.15) is 0 Å². The second kappa shape index (κ2) is 6.01. The molecule has 0 fully saturated rings. The quantitative estimate of drug-likeness (QED) is 0.855. The third-order valence-electron chi connectivity index (χ3n) is 3.45. The summed E-state index contributed by atoms with van der Waals surface area (Å²) in [5, 5.41) is 6.38. The van der Waals surface area contributed by atoms with Crippen molar-refractivity contribution in [1.82, 2.24) is 10.6 Å². The van der Waals surface area contributed by atoms with E-state index in [2.05, 4.69) is 30.5 Å². The van der Waals surface area contributed by atoms with Crippen molar-refractivity contribution in [2.45, 2.75) is 45.7 Å². The Morgan fingerprint density at radius 3 is 3.06 bits per heavy atom. The fourth-order valence-electron chi connectivity index (χ4n) is 2.43. The third-order valence-corrected chi connectivity index (χ3v) is 3.45. The van der Waals surface area contributed by atoms with Gasteiger partial charge in [0.15, 0.2) is 0 Å². The lowest BCUT2D eigenvalue weighted by Gasteiger charge is -2.18. The highest BCUT2D eigenvalue weighted by Gasteiger charge is 2.13. The molecule has 0 radical (unpaired) electrons. The maximum absolute atomic E-state index is 12.1. The Bertz CT molecular complexity index is 429. The van der Waals surface area contributed by atoms with Crippen molar-refractivity contribution in [3.05, 3.63) is 34.9 Å². The number of nitrogens with one attached hydrogen (secondary N) is 2. The molecule has 0 saturated heterocycles. The van der Waals surface area contributed by atoms with Crippen molar-refractivity contribution < 1.29 is 4.79 Å². The molecule has 0 saturated carbocycles. The average Bonchev–Trinajstić information content (AvgIpc) is 2.38. The van der Waals surface area contributed by atoms with Gasteiger partial charge >= 0.3 is 0 Å². The minimum absolute atomic E-state index is 0.0457. The highest BCUT2D eigenvalue weighted by atomic mass is 16.1. The number of rotatable bonds is 4.